The first-order valence-corrected chi connectivity index (χ1v) is 8.10. The minimum absolute atomic E-state index is 0.0481. The van der Waals surface area contributed by atoms with Crippen molar-refractivity contribution in [3.05, 3.63) is 89.0 Å². The summed E-state index contributed by atoms with van der Waals surface area (Å²) < 4.78 is 32.2. The molecule has 0 aliphatic carbocycles. The van der Waals surface area contributed by atoms with E-state index < -0.39 is 11.6 Å². The third-order valence-electron chi connectivity index (χ3n) is 4.01. The predicted molar refractivity (Wildman–Crippen MR) is 96.1 cm³/mol. The number of anilines is 1. The summed E-state index contributed by atoms with van der Waals surface area (Å²) in [5.41, 5.74) is 4.62. The topological polar surface area (TPSA) is 38.2 Å². The number of rotatable bonds is 4. The second-order valence-electron chi connectivity index (χ2n) is 6.14. The quantitative estimate of drug-likeness (QED) is 0.796. The lowest BCUT2D eigenvalue weighted by molar-refractivity contribution is 0.201. The fourth-order valence-electron chi connectivity index (χ4n) is 2.75. The van der Waals surface area contributed by atoms with E-state index in [9.17, 15) is 8.78 Å². The fraction of sp³-hybridized carbons (Fsp3) is 0.200. The average Bonchev–Trinajstić information content (AvgIpc) is 2.56. The van der Waals surface area contributed by atoms with Gasteiger partial charge in [0.1, 0.15) is 23.9 Å². The number of hydrogen-bond acceptors (Lipinski definition) is 4. The molecule has 2 aromatic rings. The van der Waals surface area contributed by atoms with Crippen LogP contribution in [0.2, 0.25) is 0 Å². The zero-order valence-corrected chi connectivity index (χ0v) is 14.9. The van der Waals surface area contributed by atoms with Crippen LogP contribution in [0.5, 0.6) is 0 Å². The molecule has 26 heavy (non-hydrogen) atoms. The van der Waals surface area contributed by atoms with Crippen LogP contribution in [-0.2, 0) is 11.3 Å². The molecular formula is C20H19F2N3O. The van der Waals surface area contributed by atoms with Gasteiger partial charge >= 0.3 is 0 Å². The number of pyridine rings is 2. The molecule has 0 atom stereocenters. The number of hydrogen-bond donors (Lipinski definition) is 0. The van der Waals surface area contributed by atoms with Crippen molar-refractivity contribution in [2.24, 2.45) is 0 Å². The summed E-state index contributed by atoms with van der Waals surface area (Å²) in [6.45, 7) is 9.86. The molecule has 134 valence electrons. The van der Waals surface area contributed by atoms with Crippen molar-refractivity contribution >= 4 is 5.69 Å². The normalized spacial score (nSPS) is 14.2. The third kappa shape index (κ3) is 3.64. The lowest BCUT2D eigenvalue weighted by Crippen LogP contribution is -2.23. The van der Waals surface area contributed by atoms with Crippen molar-refractivity contribution in [3.63, 3.8) is 0 Å². The first kappa shape index (κ1) is 17.8. The summed E-state index contributed by atoms with van der Waals surface area (Å²) in [7, 11) is 0. The molecule has 0 fully saturated rings. The van der Waals surface area contributed by atoms with Crippen molar-refractivity contribution in [3.8, 4) is 0 Å². The molecule has 4 nitrogen and oxygen atoms in total. The van der Waals surface area contributed by atoms with Crippen LogP contribution in [0.3, 0.4) is 0 Å². The number of allylic oxidation sites excluding steroid dienone is 3. The van der Waals surface area contributed by atoms with Crippen LogP contribution in [0.15, 0.2) is 60.4 Å². The van der Waals surface area contributed by atoms with Gasteiger partial charge in [-0.05, 0) is 38.5 Å². The van der Waals surface area contributed by atoms with Gasteiger partial charge in [0.25, 0.3) is 0 Å². The SMILES string of the molecule is C=C1C=C(OCc2ncc(F)cc2F)C=C(C)N1c1cc(C)ncc1C. The van der Waals surface area contributed by atoms with Crippen molar-refractivity contribution in [2.75, 3.05) is 4.90 Å². The molecule has 3 rings (SSSR count). The molecule has 0 N–H and O–H groups in total. The van der Waals surface area contributed by atoms with Crippen LogP contribution in [0.25, 0.3) is 0 Å². The summed E-state index contributed by atoms with van der Waals surface area (Å²) in [6.07, 6.45) is 6.40. The molecular weight excluding hydrogens is 336 g/mol. The highest BCUT2D eigenvalue weighted by Crippen LogP contribution is 2.32. The van der Waals surface area contributed by atoms with Gasteiger partial charge in [0.2, 0.25) is 0 Å². The largest absolute Gasteiger partial charge is 0.487 e. The molecule has 6 heteroatoms. The Morgan fingerprint density at radius 3 is 2.54 bits per heavy atom. The lowest BCUT2D eigenvalue weighted by atomic mass is 10.1. The molecule has 0 radical (unpaired) electrons. The van der Waals surface area contributed by atoms with E-state index in [-0.39, 0.29) is 12.3 Å². The summed E-state index contributed by atoms with van der Waals surface area (Å²) >= 11 is 0. The Kier molecular flexibility index (Phi) is 4.84. The lowest BCUT2D eigenvalue weighted by Gasteiger charge is -2.31. The molecule has 1 aliphatic rings. The Labute approximate surface area is 151 Å². The zero-order valence-electron chi connectivity index (χ0n) is 14.9. The highest BCUT2D eigenvalue weighted by Gasteiger charge is 2.19. The van der Waals surface area contributed by atoms with Gasteiger partial charge in [-0.3, -0.25) is 9.97 Å². The van der Waals surface area contributed by atoms with Gasteiger partial charge in [0.15, 0.2) is 5.82 Å². The van der Waals surface area contributed by atoms with Crippen molar-refractivity contribution in [2.45, 2.75) is 27.4 Å². The van der Waals surface area contributed by atoms with Gasteiger partial charge in [-0.25, -0.2) is 8.78 Å². The van der Waals surface area contributed by atoms with E-state index in [1.54, 1.807) is 6.08 Å². The Balaban J connectivity index is 1.79. The van der Waals surface area contributed by atoms with Crippen LogP contribution < -0.4 is 4.90 Å². The number of aromatic nitrogens is 2. The van der Waals surface area contributed by atoms with E-state index >= 15 is 0 Å². The molecule has 0 bridgehead atoms. The van der Waals surface area contributed by atoms with Crippen molar-refractivity contribution in [1.29, 1.82) is 0 Å². The standard InChI is InChI=1S/C20H19F2N3O/c1-12-9-23-13(2)5-20(12)25-14(3)6-17(7-15(25)4)26-11-19-18(22)8-16(21)10-24-19/h5-10H,3,11H2,1-2,4H3. The van der Waals surface area contributed by atoms with Crippen LogP contribution in [-0.4, -0.2) is 9.97 Å². The van der Waals surface area contributed by atoms with Crippen molar-refractivity contribution < 1.29 is 13.5 Å². The average molecular weight is 355 g/mol. The first-order chi connectivity index (χ1) is 12.3. The van der Waals surface area contributed by atoms with Crippen LogP contribution in [0.4, 0.5) is 14.5 Å². The monoisotopic (exact) mass is 355 g/mol. The number of halogens is 2. The van der Waals surface area contributed by atoms with Crippen LogP contribution in [0.1, 0.15) is 23.9 Å². The molecule has 1 aliphatic heterocycles. The molecule has 0 unspecified atom stereocenters. The minimum Gasteiger partial charge on any atom is -0.487 e. The maximum absolute atomic E-state index is 13.7. The summed E-state index contributed by atoms with van der Waals surface area (Å²) in [4.78, 5) is 10.0. The van der Waals surface area contributed by atoms with E-state index in [4.69, 9.17) is 4.74 Å². The number of nitrogens with zero attached hydrogens (tertiary/aromatic N) is 3. The van der Waals surface area contributed by atoms with E-state index in [0.29, 0.717) is 5.76 Å². The molecule has 3 heterocycles. The Morgan fingerprint density at radius 1 is 1.08 bits per heavy atom. The maximum Gasteiger partial charge on any atom is 0.151 e. The Hall–Kier alpha value is -3.02. The molecule has 0 spiro atoms. The molecule has 0 aromatic carbocycles. The highest BCUT2D eigenvalue weighted by molar-refractivity contribution is 5.66. The van der Waals surface area contributed by atoms with Gasteiger partial charge in [0.05, 0.1) is 11.9 Å². The van der Waals surface area contributed by atoms with E-state index in [0.717, 1.165) is 40.6 Å². The first-order valence-electron chi connectivity index (χ1n) is 8.10. The highest BCUT2D eigenvalue weighted by atomic mass is 19.1. The van der Waals surface area contributed by atoms with Crippen LogP contribution >= 0.6 is 0 Å². The molecule has 2 aromatic heterocycles. The molecule has 0 saturated carbocycles. The number of ether oxygens (including phenoxy) is 1. The maximum atomic E-state index is 13.7. The Bertz CT molecular complexity index is 935. The van der Waals surface area contributed by atoms with Crippen LogP contribution in [0, 0.1) is 25.5 Å². The van der Waals surface area contributed by atoms with Gasteiger partial charge < -0.3 is 9.64 Å². The van der Waals surface area contributed by atoms with Gasteiger partial charge in [-0.1, -0.05) is 6.58 Å². The third-order valence-corrected chi connectivity index (χ3v) is 4.01. The van der Waals surface area contributed by atoms with E-state index in [2.05, 4.69) is 16.5 Å². The second-order valence-corrected chi connectivity index (χ2v) is 6.14. The number of aryl methyl sites for hydroxylation is 2. The minimum atomic E-state index is -0.731. The van der Waals surface area contributed by atoms with Gasteiger partial charge in [-0.15, -0.1) is 0 Å². The van der Waals surface area contributed by atoms with Gasteiger partial charge in [0, 0.05) is 35.4 Å². The van der Waals surface area contributed by atoms with E-state index in [1.807, 2.05) is 44.0 Å². The fourth-order valence-corrected chi connectivity index (χ4v) is 2.75. The Morgan fingerprint density at radius 2 is 1.85 bits per heavy atom. The predicted octanol–water partition coefficient (Wildman–Crippen LogP) is 4.71. The van der Waals surface area contributed by atoms with Gasteiger partial charge in [-0.2, -0.15) is 0 Å². The second kappa shape index (κ2) is 7.07. The zero-order chi connectivity index (χ0) is 18.8. The summed E-state index contributed by atoms with van der Waals surface area (Å²) in [6, 6.07) is 2.78. The summed E-state index contributed by atoms with van der Waals surface area (Å²) in [5.74, 6) is -0.908. The smallest absolute Gasteiger partial charge is 0.151 e. The molecule has 0 saturated heterocycles. The van der Waals surface area contributed by atoms with E-state index in [1.165, 1.54) is 0 Å². The molecule has 0 amide bonds. The van der Waals surface area contributed by atoms with Crippen molar-refractivity contribution in [1.82, 2.24) is 9.97 Å². The summed E-state index contributed by atoms with van der Waals surface area (Å²) in [5, 5.41) is 0.